The van der Waals surface area contributed by atoms with Crippen LogP contribution in [0.25, 0.3) is 33.4 Å². The van der Waals surface area contributed by atoms with Crippen LogP contribution < -0.4 is 16.0 Å². The Hall–Kier alpha value is -3.09. The molecule has 152 valence electrons. The largest absolute Gasteiger partial charge is 0.497 e. The summed E-state index contributed by atoms with van der Waals surface area (Å²) < 4.78 is 7.65. The second-order valence-electron chi connectivity index (χ2n) is 6.82. The molecule has 0 atom stereocenters. The molecule has 8 heteroatoms. The first kappa shape index (κ1) is 20.2. The third-order valence-corrected chi connectivity index (χ3v) is 5.77. The molecule has 0 bridgehead atoms. The molecule has 2 aromatic carbocycles. The van der Waals surface area contributed by atoms with Crippen molar-refractivity contribution in [1.82, 2.24) is 14.1 Å². The monoisotopic (exact) mass is 441 g/mol. The number of halogens is 2. The quantitative estimate of drug-likeness (QED) is 0.475. The van der Waals surface area contributed by atoms with Gasteiger partial charge in [-0.3, -0.25) is 13.9 Å². The molecule has 0 aliphatic heterocycles. The molecule has 0 aliphatic rings. The number of rotatable bonds is 3. The summed E-state index contributed by atoms with van der Waals surface area (Å²) in [6.45, 7) is 0. The summed E-state index contributed by atoms with van der Waals surface area (Å²) in [5.41, 5.74) is 2.14. The molecule has 30 heavy (non-hydrogen) atoms. The summed E-state index contributed by atoms with van der Waals surface area (Å²) in [5.74, 6) is 0.713. The van der Waals surface area contributed by atoms with Crippen molar-refractivity contribution in [2.45, 2.75) is 0 Å². The van der Waals surface area contributed by atoms with Crippen LogP contribution in [0.2, 0.25) is 10.0 Å². The molecule has 4 rings (SSSR count). The summed E-state index contributed by atoms with van der Waals surface area (Å²) in [6.07, 6.45) is 0. The van der Waals surface area contributed by atoms with Gasteiger partial charge in [0.15, 0.2) is 5.65 Å². The lowest BCUT2D eigenvalue weighted by atomic mass is 10.00. The van der Waals surface area contributed by atoms with Crippen LogP contribution in [0.15, 0.2) is 58.1 Å². The summed E-state index contributed by atoms with van der Waals surface area (Å²) >= 11 is 12.3. The zero-order chi connectivity index (χ0) is 21.6. The lowest BCUT2D eigenvalue weighted by molar-refractivity contribution is 0.415. The fourth-order valence-corrected chi connectivity index (χ4v) is 3.65. The van der Waals surface area contributed by atoms with Gasteiger partial charge in [0.05, 0.1) is 28.2 Å². The van der Waals surface area contributed by atoms with Gasteiger partial charge in [0.1, 0.15) is 5.75 Å². The molecule has 0 saturated carbocycles. The normalized spacial score (nSPS) is 11.1. The van der Waals surface area contributed by atoms with Crippen LogP contribution in [-0.2, 0) is 14.1 Å². The van der Waals surface area contributed by atoms with E-state index in [0.29, 0.717) is 38.0 Å². The van der Waals surface area contributed by atoms with Crippen LogP contribution in [0, 0.1) is 0 Å². The lowest BCUT2D eigenvalue weighted by Gasteiger charge is -2.14. The number of fused-ring (bicyclic) bond motifs is 1. The predicted molar refractivity (Wildman–Crippen MR) is 120 cm³/mol. The third kappa shape index (κ3) is 3.28. The number of hydrogen-bond donors (Lipinski definition) is 0. The molecular weight excluding hydrogens is 425 g/mol. The van der Waals surface area contributed by atoms with E-state index in [0.717, 1.165) is 10.1 Å². The second-order valence-corrected chi connectivity index (χ2v) is 7.63. The van der Waals surface area contributed by atoms with Crippen LogP contribution in [0.5, 0.6) is 5.75 Å². The molecule has 0 N–H and O–H groups in total. The van der Waals surface area contributed by atoms with Gasteiger partial charge in [0.25, 0.3) is 5.56 Å². The molecule has 0 amide bonds. The summed E-state index contributed by atoms with van der Waals surface area (Å²) in [6, 6.07) is 14.3. The Labute approximate surface area is 181 Å². The van der Waals surface area contributed by atoms with Gasteiger partial charge >= 0.3 is 5.69 Å². The van der Waals surface area contributed by atoms with E-state index in [4.69, 9.17) is 27.9 Å². The topological polar surface area (TPSA) is 66.1 Å². The number of pyridine rings is 1. The third-order valence-electron chi connectivity index (χ3n) is 5.03. The van der Waals surface area contributed by atoms with Crippen LogP contribution in [-0.4, -0.2) is 21.2 Å². The predicted octanol–water partition coefficient (Wildman–Crippen LogP) is 4.28. The fourth-order valence-electron chi connectivity index (χ4n) is 3.36. The van der Waals surface area contributed by atoms with E-state index >= 15 is 0 Å². The number of ether oxygens (including phenoxy) is 1. The zero-order valence-corrected chi connectivity index (χ0v) is 18.0. The summed E-state index contributed by atoms with van der Waals surface area (Å²) in [7, 11) is 4.63. The number of benzene rings is 2. The molecule has 0 saturated heterocycles. The minimum atomic E-state index is -0.452. The maximum atomic E-state index is 13.0. The standard InChI is InChI=1S/C22H17Cl2N3O3/c1-26-20-19(21(28)27(2)22(26)29)15(13-6-9-16(23)17(24)10-13)11-18(25-20)12-4-7-14(30-3)8-5-12/h4-11H,1-3H3. The van der Waals surface area contributed by atoms with Crippen molar-refractivity contribution < 1.29 is 4.74 Å². The first-order valence-electron chi connectivity index (χ1n) is 9.02. The van der Waals surface area contributed by atoms with Crippen molar-refractivity contribution in [3.8, 4) is 28.1 Å². The van der Waals surface area contributed by atoms with Crippen molar-refractivity contribution in [3.05, 3.63) is 79.4 Å². The van der Waals surface area contributed by atoms with E-state index in [1.165, 1.54) is 11.6 Å². The van der Waals surface area contributed by atoms with Crippen molar-refractivity contribution in [3.63, 3.8) is 0 Å². The van der Waals surface area contributed by atoms with Crippen LogP contribution >= 0.6 is 23.2 Å². The Kier molecular flexibility index (Phi) is 5.13. The number of nitrogens with zero attached hydrogens (tertiary/aromatic N) is 3. The van der Waals surface area contributed by atoms with Crippen LogP contribution in [0.3, 0.4) is 0 Å². The zero-order valence-electron chi connectivity index (χ0n) is 16.4. The SMILES string of the molecule is COc1ccc(-c2cc(-c3ccc(Cl)c(Cl)c3)c3c(=O)n(C)c(=O)n(C)c3n2)cc1. The Morgan fingerprint density at radius 3 is 2.17 bits per heavy atom. The number of aryl methyl sites for hydroxylation is 1. The van der Waals surface area contributed by atoms with Gasteiger partial charge in [-0.25, -0.2) is 9.78 Å². The summed E-state index contributed by atoms with van der Waals surface area (Å²) in [5, 5.41) is 1.11. The van der Waals surface area contributed by atoms with Gasteiger partial charge in [-0.05, 0) is 48.0 Å². The summed E-state index contributed by atoms with van der Waals surface area (Å²) in [4.78, 5) is 30.2. The van der Waals surface area contributed by atoms with E-state index in [1.54, 1.807) is 32.4 Å². The van der Waals surface area contributed by atoms with E-state index < -0.39 is 11.2 Å². The maximum absolute atomic E-state index is 13.0. The highest BCUT2D eigenvalue weighted by Gasteiger charge is 2.18. The molecule has 0 radical (unpaired) electrons. The van der Waals surface area contributed by atoms with Crippen molar-refractivity contribution in [2.24, 2.45) is 14.1 Å². The van der Waals surface area contributed by atoms with E-state index in [2.05, 4.69) is 4.98 Å². The van der Waals surface area contributed by atoms with Crippen LogP contribution in [0.4, 0.5) is 0 Å². The minimum Gasteiger partial charge on any atom is -0.497 e. The van der Waals surface area contributed by atoms with Crippen molar-refractivity contribution in [1.29, 1.82) is 0 Å². The molecule has 0 fully saturated rings. The van der Waals surface area contributed by atoms with Gasteiger partial charge in [-0.15, -0.1) is 0 Å². The molecule has 0 unspecified atom stereocenters. The highest BCUT2D eigenvalue weighted by atomic mass is 35.5. The molecule has 2 aromatic heterocycles. The van der Waals surface area contributed by atoms with Gasteiger partial charge in [-0.2, -0.15) is 0 Å². The Bertz CT molecular complexity index is 1410. The number of aromatic nitrogens is 3. The first-order chi connectivity index (χ1) is 14.3. The molecule has 0 spiro atoms. The van der Waals surface area contributed by atoms with Gasteiger partial charge < -0.3 is 4.74 Å². The van der Waals surface area contributed by atoms with Crippen molar-refractivity contribution in [2.75, 3.05) is 7.11 Å². The Morgan fingerprint density at radius 1 is 0.867 bits per heavy atom. The first-order valence-corrected chi connectivity index (χ1v) is 9.78. The highest BCUT2D eigenvalue weighted by Crippen LogP contribution is 2.34. The Balaban J connectivity index is 2.12. The van der Waals surface area contributed by atoms with Gasteiger partial charge in [0, 0.05) is 25.2 Å². The molecule has 2 heterocycles. The average Bonchev–Trinajstić information content (AvgIpc) is 2.77. The maximum Gasteiger partial charge on any atom is 0.332 e. The molecular formula is C22H17Cl2N3O3. The molecule has 6 nitrogen and oxygen atoms in total. The lowest BCUT2D eigenvalue weighted by Crippen LogP contribution is -2.37. The van der Waals surface area contributed by atoms with Gasteiger partial charge in [0.2, 0.25) is 0 Å². The van der Waals surface area contributed by atoms with Crippen LogP contribution in [0.1, 0.15) is 0 Å². The van der Waals surface area contributed by atoms with E-state index in [-0.39, 0.29) is 5.65 Å². The fraction of sp³-hybridized carbons (Fsp3) is 0.136. The van der Waals surface area contributed by atoms with E-state index in [1.807, 2.05) is 30.3 Å². The molecule has 4 aromatic rings. The minimum absolute atomic E-state index is 0.289. The highest BCUT2D eigenvalue weighted by molar-refractivity contribution is 6.42. The van der Waals surface area contributed by atoms with E-state index in [9.17, 15) is 9.59 Å². The average molecular weight is 442 g/mol. The van der Waals surface area contributed by atoms with Crippen molar-refractivity contribution >= 4 is 34.2 Å². The van der Waals surface area contributed by atoms with Gasteiger partial charge in [-0.1, -0.05) is 29.3 Å². The molecule has 0 aliphatic carbocycles. The smallest absolute Gasteiger partial charge is 0.332 e. The Morgan fingerprint density at radius 2 is 1.53 bits per heavy atom. The number of methoxy groups -OCH3 is 1. The second kappa shape index (κ2) is 7.63. The number of hydrogen-bond acceptors (Lipinski definition) is 4.